The van der Waals surface area contributed by atoms with Crippen LogP contribution >= 0.6 is 11.8 Å². The van der Waals surface area contributed by atoms with Crippen LogP contribution in [0.2, 0.25) is 0 Å². The summed E-state index contributed by atoms with van der Waals surface area (Å²) in [5.74, 6) is 1.23. The van der Waals surface area contributed by atoms with Crippen LogP contribution in [0.25, 0.3) is 11.0 Å². The van der Waals surface area contributed by atoms with E-state index in [9.17, 15) is 9.59 Å². The number of benzene rings is 1. The first-order chi connectivity index (χ1) is 19.5. The molecular weight excluding hydrogens is 524 g/mol. The monoisotopic (exact) mass is 556 g/mol. The molecule has 1 aromatic carbocycles. The number of nitrogens with zero attached hydrogens (tertiary/aromatic N) is 3. The minimum atomic E-state index is -0.187. The molecule has 3 aromatic heterocycles. The van der Waals surface area contributed by atoms with E-state index in [1.165, 1.54) is 0 Å². The van der Waals surface area contributed by atoms with Crippen LogP contribution in [-0.2, 0) is 17.9 Å². The summed E-state index contributed by atoms with van der Waals surface area (Å²) in [6, 6.07) is 19.6. The number of carbonyl (C=O) groups excluding carboxylic acids is 1. The Hall–Kier alpha value is -3.73. The molecule has 1 atom stereocenters. The number of hydrogen-bond acceptors (Lipinski definition) is 8. The Kier molecular flexibility index (Phi) is 7.81. The smallest absolute Gasteiger partial charge is 0.263 e. The fraction of sp³-hybridized carbons (Fsp3) is 0.333. The molecule has 10 heteroatoms. The Labute approximate surface area is 236 Å². The highest BCUT2D eigenvalue weighted by molar-refractivity contribution is 7.99. The van der Waals surface area contributed by atoms with Crippen LogP contribution in [0.1, 0.15) is 31.4 Å². The number of aromatic nitrogens is 3. The SMILES string of the molecule is N[C@H](Cn1c(=O)ccc2ncc(Sc3ccccc3)cc21)C1CCC(NCc2ccc3c(n2)NC(=O)CO3)CC1. The van der Waals surface area contributed by atoms with Crippen LogP contribution in [0, 0.1) is 5.92 Å². The van der Waals surface area contributed by atoms with E-state index in [1.54, 1.807) is 28.5 Å². The van der Waals surface area contributed by atoms with Gasteiger partial charge in [-0.05, 0) is 68.0 Å². The average molecular weight is 557 g/mol. The van der Waals surface area contributed by atoms with Crippen molar-refractivity contribution < 1.29 is 9.53 Å². The third-order valence-electron chi connectivity index (χ3n) is 7.67. The van der Waals surface area contributed by atoms with E-state index < -0.39 is 0 Å². The highest BCUT2D eigenvalue weighted by Crippen LogP contribution is 2.30. The molecule has 1 fully saturated rings. The van der Waals surface area contributed by atoms with Gasteiger partial charge in [0, 0.05) is 47.2 Å². The molecule has 1 saturated carbocycles. The Morgan fingerprint density at radius 1 is 1.05 bits per heavy atom. The number of nitrogens with two attached hydrogens (primary N) is 1. The zero-order valence-corrected chi connectivity index (χ0v) is 22.9. The van der Waals surface area contributed by atoms with Gasteiger partial charge < -0.3 is 25.7 Å². The largest absolute Gasteiger partial charge is 0.480 e. The van der Waals surface area contributed by atoms with Crippen molar-refractivity contribution in [2.24, 2.45) is 11.7 Å². The first-order valence-corrected chi connectivity index (χ1v) is 14.5. The molecule has 4 heterocycles. The van der Waals surface area contributed by atoms with Gasteiger partial charge in [-0.2, -0.15) is 0 Å². The first kappa shape index (κ1) is 26.5. The zero-order chi connectivity index (χ0) is 27.5. The second kappa shape index (κ2) is 11.8. The van der Waals surface area contributed by atoms with Crippen molar-refractivity contribution in [1.82, 2.24) is 19.9 Å². The molecule has 40 heavy (non-hydrogen) atoms. The molecule has 6 rings (SSSR count). The van der Waals surface area contributed by atoms with Crippen LogP contribution in [0.15, 0.2) is 81.4 Å². The van der Waals surface area contributed by atoms with Gasteiger partial charge >= 0.3 is 0 Å². The lowest BCUT2D eigenvalue weighted by Gasteiger charge is -2.33. The topological polar surface area (TPSA) is 124 Å². The van der Waals surface area contributed by atoms with Crippen molar-refractivity contribution in [2.75, 3.05) is 11.9 Å². The molecule has 0 bridgehead atoms. The van der Waals surface area contributed by atoms with Crippen molar-refractivity contribution in [3.05, 3.63) is 82.9 Å². The predicted molar refractivity (Wildman–Crippen MR) is 155 cm³/mol. The number of amides is 1. The highest BCUT2D eigenvalue weighted by Gasteiger charge is 2.26. The summed E-state index contributed by atoms with van der Waals surface area (Å²) in [7, 11) is 0. The lowest BCUT2D eigenvalue weighted by molar-refractivity contribution is -0.118. The molecule has 0 radical (unpaired) electrons. The number of hydrogen-bond donors (Lipinski definition) is 3. The molecular formula is C30H32N6O3S. The Balaban J connectivity index is 1.07. The van der Waals surface area contributed by atoms with Gasteiger partial charge in [0.15, 0.2) is 18.2 Å². The van der Waals surface area contributed by atoms with Crippen LogP contribution in [0.4, 0.5) is 5.82 Å². The third-order valence-corrected chi connectivity index (χ3v) is 8.63. The number of carbonyl (C=O) groups is 1. The van der Waals surface area contributed by atoms with Gasteiger partial charge in [-0.15, -0.1) is 0 Å². The van der Waals surface area contributed by atoms with Gasteiger partial charge in [-0.1, -0.05) is 30.0 Å². The number of nitrogens with one attached hydrogen (secondary N) is 2. The molecule has 4 aromatic rings. The van der Waals surface area contributed by atoms with Gasteiger partial charge in [0.25, 0.3) is 11.5 Å². The lowest BCUT2D eigenvalue weighted by Crippen LogP contribution is -2.42. The summed E-state index contributed by atoms with van der Waals surface area (Å²) in [6.07, 6.45) is 5.85. The molecule has 1 aliphatic carbocycles. The zero-order valence-electron chi connectivity index (χ0n) is 22.1. The second-order valence-electron chi connectivity index (χ2n) is 10.4. The van der Waals surface area contributed by atoms with E-state index in [-0.39, 0.29) is 24.1 Å². The van der Waals surface area contributed by atoms with E-state index in [0.29, 0.717) is 36.6 Å². The van der Waals surface area contributed by atoms with Gasteiger partial charge in [0.2, 0.25) is 0 Å². The molecule has 9 nitrogen and oxygen atoms in total. The van der Waals surface area contributed by atoms with Crippen LogP contribution < -0.4 is 26.7 Å². The fourth-order valence-corrected chi connectivity index (χ4v) is 6.32. The summed E-state index contributed by atoms with van der Waals surface area (Å²) >= 11 is 1.63. The second-order valence-corrected chi connectivity index (χ2v) is 11.6. The van der Waals surface area contributed by atoms with Gasteiger partial charge in [-0.3, -0.25) is 14.6 Å². The highest BCUT2D eigenvalue weighted by atomic mass is 32.2. The van der Waals surface area contributed by atoms with Gasteiger partial charge in [0.05, 0.1) is 16.7 Å². The quantitative estimate of drug-likeness (QED) is 0.298. The van der Waals surface area contributed by atoms with Crippen molar-refractivity contribution in [3.63, 3.8) is 0 Å². The van der Waals surface area contributed by atoms with Crippen LogP contribution in [0.5, 0.6) is 5.75 Å². The van der Waals surface area contributed by atoms with E-state index in [0.717, 1.165) is 52.2 Å². The van der Waals surface area contributed by atoms with Crippen molar-refractivity contribution in [1.29, 1.82) is 0 Å². The molecule has 0 saturated heterocycles. The van der Waals surface area contributed by atoms with Gasteiger partial charge in [0.1, 0.15) is 0 Å². The standard InChI is InChI=1S/C30H32N6O3S/c31-24(17-36-26-14-23(40-22-4-2-1-3-5-22)16-33-25(26)11-13-29(36)38)19-6-8-20(9-7-19)32-15-21-10-12-27-30(34-21)35-28(37)18-39-27/h1-5,10-14,16,19-20,24,32H,6-9,15,17-18,31H2,(H,34,35,37)/t19?,20?,24-/m1/s1. The minimum absolute atomic E-state index is 0.0258. The average Bonchev–Trinajstić information content (AvgIpc) is 2.98. The van der Waals surface area contributed by atoms with E-state index >= 15 is 0 Å². The Bertz CT molecular complexity index is 1570. The van der Waals surface area contributed by atoms with Gasteiger partial charge in [-0.25, -0.2) is 4.98 Å². The molecule has 4 N–H and O–H groups in total. The Morgan fingerprint density at radius 3 is 2.70 bits per heavy atom. The lowest BCUT2D eigenvalue weighted by atomic mass is 9.81. The first-order valence-electron chi connectivity index (χ1n) is 13.7. The van der Waals surface area contributed by atoms with Crippen LogP contribution in [-0.4, -0.2) is 39.1 Å². The van der Waals surface area contributed by atoms with Crippen LogP contribution in [0.3, 0.4) is 0 Å². The molecule has 2 aliphatic rings. The van der Waals surface area contributed by atoms with Crippen molar-refractivity contribution in [2.45, 2.75) is 60.6 Å². The van der Waals surface area contributed by atoms with Crippen molar-refractivity contribution >= 4 is 34.5 Å². The maximum absolute atomic E-state index is 12.9. The number of ether oxygens (including phenoxy) is 1. The van der Waals surface area contributed by atoms with E-state index in [1.807, 2.05) is 42.6 Å². The molecule has 1 aliphatic heterocycles. The predicted octanol–water partition coefficient (Wildman–Crippen LogP) is 3.95. The normalized spacial score (nSPS) is 19.5. The number of rotatable bonds is 8. The minimum Gasteiger partial charge on any atom is -0.480 e. The van der Waals surface area contributed by atoms with Crippen molar-refractivity contribution in [3.8, 4) is 5.75 Å². The number of anilines is 1. The summed E-state index contributed by atoms with van der Waals surface area (Å²) in [4.78, 5) is 35.8. The summed E-state index contributed by atoms with van der Waals surface area (Å²) in [5, 5.41) is 6.36. The molecule has 1 amide bonds. The van der Waals surface area contributed by atoms with E-state index in [4.69, 9.17) is 10.5 Å². The molecule has 0 unspecified atom stereocenters. The maximum atomic E-state index is 12.9. The number of pyridine rings is 3. The molecule has 206 valence electrons. The van der Waals surface area contributed by atoms with E-state index in [2.05, 4.69) is 32.7 Å². The third kappa shape index (κ3) is 6.04. The molecule has 0 spiro atoms. The summed E-state index contributed by atoms with van der Waals surface area (Å²) in [6.45, 7) is 1.11. The number of fused-ring (bicyclic) bond motifs is 2. The summed E-state index contributed by atoms with van der Waals surface area (Å²) < 4.78 is 7.18. The Morgan fingerprint density at radius 2 is 1.88 bits per heavy atom. The maximum Gasteiger partial charge on any atom is 0.263 e. The summed E-state index contributed by atoms with van der Waals surface area (Å²) in [5.41, 5.74) is 9.14. The fourth-order valence-electron chi connectivity index (χ4n) is 5.48.